The van der Waals surface area contributed by atoms with Crippen LogP contribution in [0, 0.1) is 5.82 Å². The molecule has 0 saturated heterocycles. The summed E-state index contributed by atoms with van der Waals surface area (Å²) in [4.78, 5) is 11.8. The topological polar surface area (TPSA) is 55.8 Å². The Morgan fingerprint density at radius 1 is 1.31 bits per heavy atom. The molecule has 8 heteroatoms. The normalized spacial score (nSPS) is 14.5. The summed E-state index contributed by atoms with van der Waals surface area (Å²) in [5.74, 6) is -2.83. The first-order chi connectivity index (χ1) is 11.9. The maximum atomic E-state index is 14.1. The molecule has 0 saturated carbocycles. The van der Waals surface area contributed by atoms with Crippen LogP contribution in [-0.2, 0) is 14.9 Å². The second-order valence-electron chi connectivity index (χ2n) is 6.36. The molecule has 26 heavy (non-hydrogen) atoms. The van der Waals surface area contributed by atoms with Gasteiger partial charge >= 0.3 is 12.1 Å². The summed E-state index contributed by atoms with van der Waals surface area (Å²) in [5, 5.41) is 10.1. The Bertz CT molecular complexity index is 655. The van der Waals surface area contributed by atoms with Gasteiger partial charge in [0.05, 0.1) is 6.61 Å². The van der Waals surface area contributed by atoms with Gasteiger partial charge in [-0.3, -0.25) is 0 Å². The molecule has 1 rings (SSSR count). The Labute approximate surface area is 149 Å². The second kappa shape index (κ2) is 8.07. The molecule has 0 radical (unpaired) electrons. The lowest BCUT2D eigenvalue weighted by Crippen LogP contribution is -2.55. The number of ether oxygens (including phenoxy) is 2. The van der Waals surface area contributed by atoms with Crippen LogP contribution in [0.1, 0.15) is 32.8 Å². The van der Waals surface area contributed by atoms with Crippen molar-refractivity contribution in [2.75, 3.05) is 13.2 Å². The molecule has 1 unspecified atom stereocenters. The van der Waals surface area contributed by atoms with Crippen LogP contribution in [0.5, 0.6) is 5.75 Å². The van der Waals surface area contributed by atoms with E-state index in [1.807, 2.05) is 0 Å². The lowest BCUT2D eigenvalue weighted by atomic mass is 9.74. The number of halogens is 4. The van der Waals surface area contributed by atoms with Crippen molar-refractivity contribution >= 4 is 5.97 Å². The van der Waals surface area contributed by atoms with Crippen LogP contribution in [0.3, 0.4) is 0 Å². The Morgan fingerprint density at radius 2 is 1.92 bits per heavy atom. The van der Waals surface area contributed by atoms with E-state index < -0.39 is 35.4 Å². The standard InChI is InChI=1S/C18H22F4O4/c1-5-10-26-14-12(8-7-9-13(14)19)16(3,4)11-17(24,18(20,21)22)15(23)25-6-2/h5,7-9,24H,1,6,10-11H2,2-4H3. The van der Waals surface area contributed by atoms with Crippen molar-refractivity contribution in [1.29, 1.82) is 0 Å². The van der Waals surface area contributed by atoms with Crippen LogP contribution in [0.25, 0.3) is 0 Å². The highest BCUT2D eigenvalue weighted by Gasteiger charge is 2.62. The molecule has 0 aliphatic carbocycles. The lowest BCUT2D eigenvalue weighted by molar-refractivity contribution is -0.267. The SMILES string of the molecule is C=CCOc1c(F)cccc1C(C)(C)CC(O)(C(=O)OCC)C(F)(F)F. The predicted molar refractivity (Wildman–Crippen MR) is 87.4 cm³/mol. The van der Waals surface area contributed by atoms with Crippen LogP contribution in [0.4, 0.5) is 17.6 Å². The fourth-order valence-corrected chi connectivity index (χ4v) is 2.60. The zero-order valence-corrected chi connectivity index (χ0v) is 14.8. The fraction of sp³-hybridized carbons (Fsp3) is 0.500. The summed E-state index contributed by atoms with van der Waals surface area (Å²) < 4.78 is 64.1. The summed E-state index contributed by atoms with van der Waals surface area (Å²) in [5.41, 5.74) is -5.14. The number of carbonyl (C=O) groups excluding carboxylic acids is 1. The number of para-hydroxylation sites is 1. The van der Waals surface area contributed by atoms with Crippen LogP contribution >= 0.6 is 0 Å². The molecule has 0 heterocycles. The fourth-order valence-electron chi connectivity index (χ4n) is 2.60. The number of hydrogen-bond acceptors (Lipinski definition) is 4. The molecule has 1 atom stereocenters. The van der Waals surface area contributed by atoms with Crippen LogP contribution in [0.2, 0.25) is 0 Å². The molecular weight excluding hydrogens is 356 g/mol. The maximum Gasteiger partial charge on any atom is 0.428 e. The van der Waals surface area contributed by atoms with E-state index in [9.17, 15) is 27.5 Å². The summed E-state index contributed by atoms with van der Waals surface area (Å²) in [6.45, 7) is 7.06. The van der Waals surface area contributed by atoms with Gasteiger partial charge in [0.15, 0.2) is 11.6 Å². The molecule has 146 valence electrons. The summed E-state index contributed by atoms with van der Waals surface area (Å²) >= 11 is 0. The molecule has 0 aliphatic heterocycles. The molecule has 0 amide bonds. The number of esters is 1. The van der Waals surface area contributed by atoms with Crippen molar-refractivity contribution in [2.24, 2.45) is 0 Å². The van der Waals surface area contributed by atoms with Gasteiger partial charge in [0.1, 0.15) is 6.61 Å². The highest BCUT2D eigenvalue weighted by atomic mass is 19.4. The van der Waals surface area contributed by atoms with Crippen molar-refractivity contribution in [3.8, 4) is 5.75 Å². The molecule has 0 fully saturated rings. The van der Waals surface area contributed by atoms with E-state index in [-0.39, 0.29) is 24.5 Å². The summed E-state index contributed by atoms with van der Waals surface area (Å²) in [6.07, 6.45) is -4.99. The van der Waals surface area contributed by atoms with Gasteiger partial charge in [-0.05, 0) is 18.4 Å². The quantitative estimate of drug-likeness (QED) is 0.423. The van der Waals surface area contributed by atoms with E-state index in [0.717, 1.165) is 6.07 Å². The van der Waals surface area contributed by atoms with Gasteiger partial charge in [-0.1, -0.05) is 38.6 Å². The van der Waals surface area contributed by atoms with Crippen molar-refractivity contribution < 1.29 is 36.9 Å². The van der Waals surface area contributed by atoms with Gasteiger partial charge in [-0.25, -0.2) is 9.18 Å². The van der Waals surface area contributed by atoms with Gasteiger partial charge in [0.25, 0.3) is 5.60 Å². The van der Waals surface area contributed by atoms with Crippen LogP contribution in [0.15, 0.2) is 30.9 Å². The average molecular weight is 378 g/mol. The van der Waals surface area contributed by atoms with Crippen LogP contribution < -0.4 is 4.74 Å². The maximum absolute atomic E-state index is 14.1. The Balaban J connectivity index is 3.38. The first-order valence-corrected chi connectivity index (χ1v) is 7.89. The summed E-state index contributed by atoms with van der Waals surface area (Å²) in [7, 11) is 0. The molecule has 1 N–H and O–H groups in total. The van der Waals surface area contributed by atoms with Crippen molar-refractivity contribution in [2.45, 2.75) is 44.4 Å². The van der Waals surface area contributed by atoms with Gasteiger partial charge in [-0.2, -0.15) is 13.2 Å². The number of alkyl halides is 3. The number of benzene rings is 1. The molecule has 1 aromatic carbocycles. The largest absolute Gasteiger partial charge is 0.486 e. The van der Waals surface area contributed by atoms with E-state index in [1.54, 1.807) is 0 Å². The summed E-state index contributed by atoms with van der Waals surface area (Å²) in [6, 6.07) is 3.78. The number of carbonyl (C=O) groups is 1. The van der Waals surface area contributed by atoms with E-state index >= 15 is 0 Å². The monoisotopic (exact) mass is 378 g/mol. The number of aliphatic hydroxyl groups is 1. The molecular formula is C18H22F4O4. The van der Waals surface area contributed by atoms with Crippen LogP contribution in [-0.4, -0.2) is 36.1 Å². The van der Waals surface area contributed by atoms with E-state index in [1.165, 1.54) is 39.0 Å². The first kappa shape index (κ1) is 22.0. The molecule has 0 aliphatic rings. The van der Waals surface area contributed by atoms with E-state index in [4.69, 9.17) is 4.74 Å². The molecule has 4 nitrogen and oxygen atoms in total. The Kier molecular flexibility index (Phi) is 6.82. The highest BCUT2D eigenvalue weighted by molar-refractivity contribution is 5.80. The lowest BCUT2D eigenvalue weighted by Gasteiger charge is -2.36. The highest BCUT2D eigenvalue weighted by Crippen LogP contribution is 2.44. The van der Waals surface area contributed by atoms with E-state index in [2.05, 4.69) is 11.3 Å². The number of hydrogen-bond donors (Lipinski definition) is 1. The minimum absolute atomic E-state index is 0.0641. The Hall–Kier alpha value is -2.09. The second-order valence-corrected chi connectivity index (χ2v) is 6.36. The first-order valence-electron chi connectivity index (χ1n) is 7.89. The van der Waals surface area contributed by atoms with Gasteiger partial charge in [0.2, 0.25) is 0 Å². The van der Waals surface area contributed by atoms with Crippen molar-refractivity contribution in [3.63, 3.8) is 0 Å². The third-order valence-electron chi connectivity index (χ3n) is 3.82. The van der Waals surface area contributed by atoms with Gasteiger partial charge in [-0.15, -0.1) is 0 Å². The molecule has 0 aromatic heterocycles. The number of rotatable bonds is 8. The zero-order chi connectivity index (χ0) is 20.2. The van der Waals surface area contributed by atoms with Crippen molar-refractivity contribution in [1.82, 2.24) is 0 Å². The minimum atomic E-state index is -5.27. The molecule has 0 bridgehead atoms. The third kappa shape index (κ3) is 4.55. The predicted octanol–water partition coefficient (Wildman–Crippen LogP) is 3.91. The van der Waals surface area contributed by atoms with Gasteiger partial charge < -0.3 is 14.6 Å². The van der Waals surface area contributed by atoms with Gasteiger partial charge in [0, 0.05) is 12.0 Å². The smallest absolute Gasteiger partial charge is 0.428 e. The average Bonchev–Trinajstić information content (AvgIpc) is 2.52. The van der Waals surface area contributed by atoms with Crippen molar-refractivity contribution in [3.05, 3.63) is 42.2 Å². The Morgan fingerprint density at radius 3 is 2.42 bits per heavy atom. The van der Waals surface area contributed by atoms with E-state index in [0.29, 0.717) is 0 Å². The molecule has 0 spiro atoms. The minimum Gasteiger partial charge on any atom is -0.486 e. The zero-order valence-electron chi connectivity index (χ0n) is 14.8. The molecule has 1 aromatic rings. The third-order valence-corrected chi connectivity index (χ3v) is 3.82.